The van der Waals surface area contributed by atoms with Gasteiger partial charge >= 0.3 is 0 Å². The lowest BCUT2D eigenvalue weighted by atomic mass is 9.85. The van der Waals surface area contributed by atoms with E-state index in [9.17, 15) is 8.78 Å². The van der Waals surface area contributed by atoms with E-state index < -0.39 is 12.5 Å². The van der Waals surface area contributed by atoms with Crippen molar-refractivity contribution in [2.75, 3.05) is 13.6 Å². The third-order valence-electron chi connectivity index (χ3n) is 3.51. The summed E-state index contributed by atoms with van der Waals surface area (Å²) in [5.74, 6) is 0.234. The molecular formula is C13H17F2N. The molecule has 0 spiro atoms. The van der Waals surface area contributed by atoms with E-state index in [2.05, 4.69) is 6.92 Å². The van der Waals surface area contributed by atoms with Gasteiger partial charge in [-0.3, -0.25) is 4.90 Å². The van der Waals surface area contributed by atoms with E-state index in [0.29, 0.717) is 0 Å². The number of likely N-dealkylation sites (tertiary alicyclic amines) is 1. The van der Waals surface area contributed by atoms with Crippen molar-refractivity contribution in [3.05, 3.63) is 35.9 Å². The second-order valence-electron chi connectivity index (χ2n) is 4.68. The molecule has 3 heteroatoms. The molecule has 0 N–H and O–H groups in total. The molecule has 1 fully saturated rings. The molecule has 0 saturated carbocycles. The van der Waals surface area contributed by atoms with Crippen LogP contribution >= 0.6 is 0 Å². The Hall–Kier alpha value is -0.960. The summed E-state index contributed by atoms with van der Waals surface area (Å²) < 4.78 is 26.1. The molecule has 0 aliphatic carbocycles. The van der Waals surface area contributed by atoms with E-state index >= 15 is 0 Å². The van der Waals surface area contributed by atoms with Crippen molar-refractivity contribution in [3.8, 4) is 0 Å². The minimum absolute atomic E-state index is 0.0498. The van der Waals surface area contributed by atoms with Crippen LogP contribution in [0.5, 0.6) is 0 Å². The lowest BCUT2D eigenvalue weighted by Crippen LogP contribution is -2.35. The number of nitrogens with zero attached hydrogens (tertiary/aromatic N) is 1. The second-order valence-corrected chi connectivity index (χ2v) is 4.68. The van der Waals surface area contributed by atoms with Crippen LogP contribution in [0.15, 0.2) is 30.3 Å². The Balaban J connectivity index is 2.31. The van der Waals surface area contributed by atoms with Gasteiger partial charge in [-0.05, 0) is 18.5 Å². The zero-order valence-electron chi connectivity index (χ0n) is 9.61. The van der Waals surface area contributed by atoms with Crippen LogP contribution in [-0.2, 0) is 0 Å². The van der Waals surface area contributed by atoms with Gasteiger partial charge in [-0.25, -0.2) is 8.78 Å². The number of alkyl halides is 2. The topological polar surface area (TPSA) is 3.24 Å². The Morgan fingerprint density at radius 2 is 1.88 bits per heavy atom. The van der Waals surface area contributed by atoms with Crippen molar-refractivity contribution >= 4 is 0 Å². The molecule has 0 radical (unpaired) electrons. The maximum Gasteiger partial charge on any atom is 0.254 e. The van der Waals surface area contributed by atoms with Crippen LogP contribution < -0.4 is 0 Å². The fourth-order valence-electron chi connectivity index (χ4n) is 2.85. The molecule has 1 nitrogen and oxygen atoms in total. The normalized spacial score (nSPS) is 31.2. The standard InChI is InChI=1S/C13H17F2N/c1-9-8-16(2)12(13(14)15)11(9)10-6-4-3-5-7-10/h3-7,9,11-13H,8H2,1-2H3/t9-,11-,12?/m0/s1. The van der Waals surface area contributed by atoms with Crippen LogP contribution in [-0.4, -0.2) is 31.0 Å². The molecule has 1 saturated heterocycles. The molecule has 1 heterocycles. The van der Waals surface area contributed by atoms with E-state index in [1.807, 2.05) is 30.3 Å². The average Bonchev–Trinajstić information content (AvgIpc) is 2.55. The van der Waals surface area contributed by atoms with Crippen LogP contribution in [0, 0.1) is 5.92 Å². The van der Waals surface area contributed by atoms with Gasteiger partial charge in [0, 0.05) is 12.5 Å². The summed E-state index contributed by atoms with van der Waals surface area (Å²) in [5, 5.41) is 0. The lowest BCUT2D eigenvalue weighted by Gasteiger charge is -2.25. The Bertz CT molecular complexity index is 339. The molecule has 0 bridgehead atoms. The van der Waals surface area contributed by atoms with E-state index in [1.54, 1.807) is 11.9 Å². The highest BCUT2D eigenvalue weighted by atomic mass is 19.3. The first-order valence-corrected chi connectivity index (χ1v) is 5.64. The van der Waals surface area contributed by atoms with Gasteiger partial charge in [0.1, 0.15) is 0 Å². The quantitative estimate of drug-likeness (QED) is 0.748. The predicted octanol–water partition coefficient (Wildman–Crippen LogP) is 2.99. The Morgan fingerprint density at radius 3 is 2.44 bits per heavy atom. The maximum atomic E-state index is 13.1. The minimum atomic E-state index is -2.28. The minimum Gasteiger partial charge on any atom is -0.297 e. The number of benzene rings is 1. The van der Waals surface area contributed by atoms with Gasteiger partial charge in [0.05, 0.1) is 6.04 Å². The molecule has 1 aromatic carbocycles. The van der Waals surface area contributed by atoms with E-state index in [1.165, 1.54) is 0 Å². The highest BCUT2D eigenvalue weighted by molar-refractivity contribution is 5.24. The van der Waals surface area contributed by atoms with Crippen LogP contribution in [0.3, 0.4) is 0 Å². The SMILES string of the molecule is C[C@H]1CN(C)C(C(F)F)[C@@H]1c1ccccc1. The molecule has 0 aromatic heterocycles. The molecule has 88 valence electrons. The molecule has 16 heavy (non-hydrogen) atoms. The van der Waals surface area contributed by atoms with Crippen LogP contribution in [0.4, 0.5) is 8.78 Å². The fourth-order valence-corrected chi connectivity index (χ4v) is 2.85. The Kier molecular flexibility index (Phi) is 3.24. The average molecular weight is 225 g/mol. The second kappa shape index (κ2) is 4.50. The van der Waals surface area contributed by atoms with Crippen LogP contribution in [0.2, 0.25) is 0 Å². The largest absolute Gasteiger partial charge is 0.297 e. The monoisotopic (exact) mass is 225 g/mol. The first-order valence-electron chi connectivity index (χ1n) is 5.64. The summed E-state index contributed by atoms with van der Waals surface area (Å²) >= 11 is 0. The first-order chi connectivity index (χ1) is 7.61. The highest BCUT2D eigenvalue weighted by Crippen LogP contribution is 2.39. The van der Waals surface area contributed by atoms with E-state index in [0.717, 1.165) is 12.1 Å². The summed E-state index contributed by atoms with van der Waals surface area (Å²) in [5.41, 5.74) is 1.03. The fraction of sp³-hybridized carbons (Fsp3) is 0.538. The lowest BCUT2D eigenvalue weighted by molar-refractivity contribution is 0.0510. The smallest absolute Gasteiger partial charge is 0.254 e. The molecular weight excluding hydrogens is 208 g/mol. The summed E-state index contributed by atoms with van der Waals surface area (Å²) in [6, 6.07) is 9.03. The van der Waals surface area contributed by atoms with Crippen molar-refractivity contribution in [1.82, 2.24) is 4.90 Å². The van der Waals surface area contributed by atoms with Crippen molar-refractivity contribution in [2.45, 2.75) is 25.3 Å². The van der Waals surface area contributed by atoms with Gasteiger partial charge in [0.2, 0.25) is 0 Å². The van der Waals surface area contributed by atoms with Gasteiger partial charge in [0.15, 0.2) is 0 Å². The number of hydrogen-bond donors (Lipinski definition) is 0. The first kappa shape index (κ1) is 11.5. The zero-order valence-corrected chi connectivity index (χ0v) is 9.61. The zero-order chi connectivity index (χ0) is 11.7. The summed E-state index contributed by atoms with van der Waals surface area (Å²) in [6.07, 6.45) is -2.28. The van der Waals surface area contributed by atoms with Gasteiger partial charge in [0.25, 0.3) is 6.43 Å². The number of rotatable bonds is 2. The third-order valence-corrected chi connectivity index (χ3v) is 3.51. The Labute approximate surface area is 95.1 Å². The summed E-state index contributed by atoms with van der Waals surface area (Å²) in [4.78, 5) is 1.78. The van der Waals surface area contributed by atoms with E-state index in [-0.39, 0.29) is 11.8 Å². The summed E-state index contributed by atoms with van der Waals surface area (Å²) in [7, 11) is 1.79. The highest BCUT2D eigenvalue weighted by Gasteiger charge is 2.43. The van der Waals surface area contributed by atoms with E-state index in [4.69, 9.17) is 0 Å². The van der Waals surface area contributed by atoms with Crippen molar-refractivity contribution in [3.63, 3.8) is 0 Å². The molecule has 3 atom stereocenters. The molecule has 1 unspecified atom stereocenters. The Morgan fingerprint density at radius 1 is 1.25 bits per heavy atom. The molecule has 0 amide bonds. The third kappa shape index (κ3) is 1.96. The van der Waals surface area contributed by atoms with Crippen molar-refractivity contribution < 1.29 is 8.78 Å². The molecule has 1 aromatic rings. The predicted molar refractivity (Wildman–Crippen MR) is 60.8 cm³/mol. The van der Waals surface area contributed by atoms with Gasteiger partial charge in [-0.2, -0.15) is 0 Å². The number of hydrogen-bond acceptors (Lipinski definition) is 1. The van der Waals surface area contributed by atoms with Crippen molar-refractivity contribution in [2.24, 2.45) is 5.92 Å². The van der Waals surface area contributed by atoms with Gasteiger partial charge in [-0.1, -0.05) is 37.3 Å². The van der Waals surface area contributed by atoms with Crippen molar-refractivity contribution in [1.29, 1.82) is 0 Å². The molecule has 2 rings (SSSR count). The van der Waals surface area contributed by atoms with Gasteiger partial charge in [-0.15, -0.1) is 0 Å². The summed E-state index contributed by atoms with van der Waals surface area (Å²) in [6.45, 7) is 2.80. The van der Waals surface area contributed by atoms with Gasteiger partial charge < -0.3 is 0 Å². The maximum absolute atomic E-state index is 13.1. The molecule has 1 aliphatic heterocycles. The number of halogens is 2. The number of likely N-dealkylation sites (N-methyl/N-ethyl adjacent to an activating group) is 1. The van der Waals surface area contributed by atoms with Crippen LogP contribution in [0.25, 0.3) is 0 Å². The van der Waals surface area contributed by atoms with Crippen LogP contribution in [0.1, 0.15) is 18.4 Å². The molecule has 1 aliphatic rings.